The quantitative estimate of drug-likeness (QED) is 0.867. The Labute approximate surface area is 109 Å². The number of hydrogen-bond donors (Lipinski definition) is 1. The maximum atomic E-state index is 4.52. The first-order valence-electron chi connectivity index (χ1n) is 7.34. The van der Waals surface area contributed by atoms with E-state index in [9.17, 15) is 0 Å². The highest BCUT2D eigenvalue weighted by atomic mass is 15.3. The number of nitrogens with zero attached hydrogens (tertiary/aromatic N) is 3. The number of rotatable bonds is 2. The van der Waals surface area contributed by atoms with E-state index >= 15 is 0 Å². The van der Waals surface area contributed by atoms with Crippen molar-refractivity contribution in [3.63, 3.8) is 0 Å². The zero-order valence-electron chi connectivity index (χ0n) is 11.4. The van der Waals surface area contributed by atoms with Crippen molar-refractivity contribution in [1.82, 2.24) is 15.1 Å². The van der Waals surface area contributed by atoms with E-state index in [2.05, 4.69) is 33.2 Å². The second kappa shape index (κ2) is 5.31. The Balaban J connectivity index is 1.85. The molecule has 1 aliphatic heterocycles. The summed E-state index contributed by atoms with van der Waals surface area (Å²) < 4.78 is 2.12. The number of aryl methyl sites for hydroxylation is 1. The molecule has 0 spiro atoms. The van der Waals surface area contributed by atoms with Gasteiger partial charge in [0, 0.05) is 39.1 Å². The Hall–Kier alpha value is -1.03. The molecule has 3 rings (SSSR count). The van der Waals surface area contributed by atoms with E-state index in [1.807, 2.05) is 0 Å². The summed E-state index contributed by atoms with van der Waals surface area (Å²) in [5, 5.41) is 7.94. The number of anilines is 1. The third-order valence-corrected chi connectivity index (χ3v) is 4.41. The van der Waals surface area contributed by atoms with Crippen molar-refractivity contribution in [3.05, 3.63) is 11.9 Å². The Morgan fingerprint density at radius 3 is 2.61 bits per heavy atom. The molecule has 0 bridgehead atoms. The highest BCUT2D eigenvalue weighted by Gasteiger charge is 2.25. The van der Waals surface area contributed by atoms with Crippen LogP contribution in [0.5, 0.6) is 0 Å². The number of piperazine rings is 1. The van der Waals surface area contributed by atoms with Crippen LogP contribution in [-0.2, 0) is 7.05 Å². The van der Waals surface area contributed by atoms with E-state index in [-0.39, 0.29) is 0 Å². The lowest BCUT2D eigenvalue weighted by Crippen LogP contribution is -2.43. The molecule has 2 heterocycles. The average Bonchev–Trinajstić information content (AvgIpc) is 2.83. The molecule has 2 fully saturated rings. The molecule has 18 heavy (non-hydrogen) atoms. The molecule has 4 heteroatoms. The van der Waals surface area contributed by atoms with Crippen LogP contribution in [0, 0.1) is 0 Å². The minimum absolute atomic E-state index is 0.733. The van der Waals surface area contributed by atoms with Gasteiger partial charge < -0.3 is 10.2 Å². The van der Waals surface area contributed by atoms with Gasteiger partial charge in [0.2, 0.25) is 0 Å². The van der Waals surface area contributed by atoms with Crippen molar-refractivity contribution in [2.24, 2.45) is 7.05 Å². The van der Waals surface area contributed by atoms with Gasteiger partial charge in [-0.1, -0.05) is 19.3 Å². The predicted molar refractivity (Wildman–Crippen MR) is 74.1 cm³/mol. The van der Waals surface area contributed by atoms with E-state index in [1.54, 1.807) is 0 Å². The third kappa shape index (κ3) is 2.26. The minimum Gasteiger partial charge on any atom is -0.366 e. The molecule has 1 aliphatic carbocycles. The fraction of sp³-hybridized carbons (Fsp3) is 0.786. The highest BCUT2D eigenvalue weighted by molar-refractivity contribution is 5.51. The fourth-order valence-corrected chi connectivity index (χ4v) is 3.43. The first kappa shape index (κ1) is 12.0. The zero-order chi connectivity index (χ0) is 12.4. The topological polar surface area (TPSA) is 33.1 Å². The van der Waals surface area contributed by atoms with Gasteiger partial charge in [0.15, 0.2) is 0 Å². The molecule has 100 valence electrons. The van der Waals surface area contributed by atoms with Crippen molar-refractivity contribution in [3.8, 4) is 0 Å². The Bertz CT molecular complexity index is 386. The van der Waals surface area contributed by atoms with Gasteiger partial charge in [-0.2, -0.15) is 5.10 Å². The van der Waals surface area contributed by atoms with Crippen LogP contribution in [0.3, 0.4) is 0 Å². The molecule has 1 N–H and O–H groups in total. The summed E-state index contributed by atoms with van der Waals surface area (Å²) in [6.45, 7) is 4.43. The molecule has 1 saturated carbocycles. The van der Waals surface area contributed by atoms with Crippen molar-refractivity contribution >= 4 is 5.69 Å². The van der Waals surface area contributed by atoms with Gasteiger partial charge >= 0.3 is 0 Å². The highest BCUT2D eigenvalue weighted by Crippen LogP contribution is 2.37. The van der Waals surface area contributed by atoms with Crippen LogP contribution < -0.4 is 10.2 Å². The van der Waals surface area contributed by atoms with Gasteiger partial charge in [-0.3, -0.25) is 4.68 Å². The van der Waals surface area contributed by atoms with Crippen molar-refractivity contribution in [1.29, 1.82) is 0 Å². The smallest absolute Gasteiger partial charge is 0.0788 e. The summed E-state index contributed by atoms with van der Waals surface area (Å²) in [6, 6.07) is 0. The van der Waals surface area contributed by atoms with Gasteiger partial charge in [0.1, 0.15) is 0 Å². The maximum absolute atomic E-state index is 4.52. The number of hydrogen-bond acceptors (Lipinski definition) is 3. The van der Waals surface area contributed by atoms with E-state index in [0.717, 1.165) is 32.1 Å². The van der Waals surface area contributed by atoms with Gasteiger partial charge in [0.05, 0.1) is 17.6 Å². The molecule has 1 saturated heterocycles. The molecule has 1 aromatic heterocycles. The van der Waals surface area contributed by atoms with Gasteiger partial charge in [0.25, 0.3) is 0 Å². The maximum Gasteiger partial charge on any atom is 0.0788 e. The van der Waals surface area contributed by atoms with Gasteiger partial charge in [-0.25, -0.2) is 0 Å². The van der Waals surface area contributed by atoms with E-state index in [0.29, 0.717) is 0 Å². The predicted octanol–water partition coefficient (Wildman–Crippen LogP) is 1.88. The Morgan fingerprint density at radius 2 is 1.89 bits per heavy atom. The summed E-state index contributed by atoms with van der Waals surface area (Å²) in [4.78, 5) is 2.51. The van der Waals surface area contributed by atoms with Crippen LogP contribution >= 0.6 is 0 Å². The van der Waals surface area contributed by atoms with Crippen molar-refractivity contribution < 1.29 is 0 Å². The first-order chi connectivity index (χ1) is 8.86. The standard InChI is InChI=1S/C14H24N4/c1-17-14(12-5-3-2-4-6-12)13(11-16-17)18-9-7-15-8-10-18/h11-12,15H,2-10H2,1H3. The summed E-state index contributed by atoms with van der Waals surface area (Å²) in [5.41, 5.74) is 2.88. The first-order valence-corrected chi connectivity index (χ1v) is 7.34. The van der Waals surface area contributed by atoms with Gasteiger partial charge in [-0.15, -0.1) is 0 Å². The van der Waals surface area contributed by atoms with Crippen molar-refractivity contribution in [2.75, 3.05) is 31.1 Å². The molecule has 1 aromatic rings. The summed E-state index contributed by atoms with van der Waals surface area (Å²) in [7, 11) is 2.11. The summed E-state index contributed by atoms with van der Waals surface area (Å²) >= 11 is 0. The molecule has 0 atom stereocenters. The monoisotopic (exact) mass is 248 g/mol. The third-order valence-electron chi connectivity index (χ3n) is 4.41. The number of nitrogens with one attached hydrogen (secondary N) is 1. The molecular weight excluding hydrogens is 224 g/mol. The van der Waals surface area contributed by atoms with Crippen LogP contribution in [0.4, 0.5) is 5.69 Å². The molecule has 2 aliphatic rings. The van der Waals surface area contributed by atoms with Crippen LogP contribution in [0.25, 0.3) is 0 Å². The zero-order valence-corrected chi connectivity index (χ0v) is 11.4. The second-order valence-electron chi connectivity index (χ2n) is 5.61. The second-order valence-corrected chi connectivity index (χ2v) is 5.61. The van der Waals surface area contributed by atoms with Crippen LogP contribution in [-0.4, -0.2) is 36.0 Å². The fourth-order valence-electron chi connectivity index (χ4n) is 3.43. The normalized spacial score (nSPS) is 22.4. The van der Waals surface area contributed by atoms with Crippen LogP contribution in [0.2, 0.25) is 0 Å². The molecular formula is C14H24N4. The van der Waals surface area contributed by atoms with Crippen LogP contribution in [0.15, 0.2) is 6.20 Å². The molecule has 0 aromatic carbocycles. The van der Waals surface area contributed by atoms with Crippen molar-refractivity contribution in [2.45, 2.75) is 38.0 Å². The summed E-state index contributed by atoms with van der Waals surface area (Å²) in [5.74, 6) is 0.733. The SMILES string of the molecule is Cn1ncc(N2CCNCC2)c1C1CCCCC1. The molecule has 0 amide bonds. The lowest BCUT2D eigenvalue weighted by molar-refractivity contribution is 0.423. The molecule has 0 radical (unpaired) electrons. The van der Waals surface area contributed by atoms with E-state index in [4.69, 9.17) is 0 Å². The lowest BCUT2D eigenvalue weighted by Gasteiger charge is -2.31. The average molecular weight is 248 g/mol. The Kier molecular flexibility index (Phi) is 3.55. The molecule has 0 unspecified atom stereocenters. The van der Waals surface area contributed by atoms with E-state index in [1.165, 1.54) is 43.5 Å². The largest absolute Gasteiger partial charge is 0.366 e. The lowest BCUT2D eigenvalue weighted by atomic mass is 9.86. The minimum atomic E-state index is 0.733. The Morgan fingerprint density at radius 1 is 1.17 bits per heavy atom. The molecule has 4 nitrogen and oxygen atoms in total. The van der Waals surface area contributed by atoms with Crippen LogP contribution in [0.1, 0.15) is 43.7 Å². The number of aromatic nitrogens is 2. The van der Waals surface area contributed by atoms with Gasteiger partial charge in [-0.05, 0) is 12.8 Å². The summed E-state index contributed by atoms with van der Waals surface area (Å²) in [6.07, 6.45) is 8.96. The van der Waals surface area contributed by atoms with E-state index < -0.39 is 0 Å².